The summed E-state index contributed by atoms with van der Waals surface area (Å²) >= 11 is 6.66. The third-order valence-electron chi connectivity index (χ3n) is 8.09. The van der Waals surface area contributed by atoms with E-state index in [0.29, 0.717) is 19.4 Å². The van der Waals surface area contributed by atoms with Crippen LogP contribution in [-0.4, -0.2) is 64.4 Å². The van der Waals surface area contributed by atoms with Gasteiger partial charge in [0.05, 0.1) is 30.3 Å². The molecule has 0 spiro atoms. The molecular formula is C31H49ClO7S. The van der Waals surface area contributed by atoms with Crippen molar-refractivity contribution in [3.05, 3.63) is 40.9 Å². The van der Waals surface area contributed by atoms with E-state index in [1.165, 1.54) is 12.1 Å². The van der Waals surface area contributed by atoms with E-state index in [9.17, 15) is 13.5 Å². The summed E-state index contributed by atoms with van der Waals surface area (Å²) in [5.41, 5.74) is -0.209. The van der Waals surface area contributed by atoms with Gasteiger partial charge in [-0.1, -0.05) is 61.6 Å². The van der Waals surface area contributed by atoms with Gasteiger partial charge in [0.25, 0.3) is 10.1 Å². The first-order chi connectivity index (χ1) is 19.2. The molecule has 1 aromatic carbocycles. The van der Waals surface area contributed by atoms with E-state index in [0.717, 1.165) is 75.2 Å². The lowest BCUT2D eigenvalue weighted by molar-refractivity contribution is -0.214. The maximum Gasteiger partial charge on any atom is 0.297 e. The Morgan fingerprint density at radius 1 is 1.07 bits per heavy atom. The average Bonchev–Trinajstić information content (AvgIpc) is 2.95. The molecule has 1 aliphatic heterocycles. The minimum Gasteiger partial charge on any atom is -0.393 e. The van der Waals surface area contributed by atoms with E-state index in [1.807, 2.05) is 13.8 Å². The van der Waals surface area contributed by atoms with Crippen LogP contribution < -0.4 is 0 Å². The van der Waals surface area contributed by atoms with Crippen molar-refractivity contribution < 1.29 is 31.9 Å². The molecule has 3 rings (SSSR count). The Kier molecular flexibility index (Phi) is 13.9. The highest BCUT2D eigenvalue weighted by Gasteiger charge is 2.46. The third-order valence-corrected chi connectivity index (χ3v) is 9.83. The van der Waals surface area contributed by atoms with Crippen LogP contribution in [0.25, 0.3) is 0 Å². The van der Waals surface area contributed by atoms with Gasteiger partial charge in [-0.25, -0.2) is 0 Å². The first kappa shape index (κ1) is 33.5. The summed E-state index contributed by atoms with van der Waals surface area (Å²) in [6, 6.07) is 6.54. The molecule has 1 saturated heterocycles. The van der Waals surface area contributed by atoms with Gasteiger partial charge in [-0.3, -0.25) is 4.18 Å². The predicted octanol–water partition coefficient (Wildman–Crippen LogP) is 6.54. The molecule has 0 amide bonds. The lowest BCUT2D eigenvalue weighted by atomic mass is 9.77. The molecule has 1 N–H and O–H groups in total. The molecular weight excluding hydrogens is 552 g/mol. The lowest BCUT2D eigenvalue weighted by Crippen LogP contribution is -2.54. The molecule has 40 heavy (non-hydrogen) atoms. The summed E-state index contributed by atoms with van der Waals surface area (Å²) in [5.74, 6) is 0.479. The van der Waals surface area contributed by atoms with Gasteiger partial charge in [-0.2, -0.15) is 8.42 Å². The van der Waals surface area contributed by atoms with Crippen molar-refractivity contribution in [1.82, 2.24) is 0 Å². The minimum absolute atomic E-state index is 0.0884. The van der Waals surface area contributed by atoms with Crippen LogP contribution in [0.1, 0.15) is 83.6 Å². The number of aliphatic hydroxyl groups excluding tert-OH is 1. The zero-order chi connectivity index (χ0) is 29.0. The van der Waals surface area contributed by atoms with E-state index in [2.05, 4.69) is 13.0 Å². The molecule has 1 heterocycles. The summed E-state index contributed by atoms with van der Waals surface area (Å²) in [6.07, 6.45) is 10.8. The van der Waals surface area contributed by atoms with Gasteiger partial charge in [0.15, 0.2) is 0 Å². The summed E-state index contributed by atoms with van der Waals surface area (Å²) < 4.78 is 49.7. The number of aliphatic hydroxyl groups is 1. The molecule has 3 unspecified atom stereocenters. The zero-order valence-corrected chi connectivity index (χ0v) is 26.1. The zero-order valence-electron chi connectivity index (χ0n) is 24.5. The maximum absolute atomic E-state index is 13.0. The second-order valence-corrected chi connectivity index (χ2v) is 13.4. The Morgan fingerprint density at radius 3 is 2.55 bits per heavy atom. The highest BCUT2D eigenvalue weighted by atomic mass is 35.5. The van der Waals surface area contributed by atoms with Crippen LogP contribution in [0.15, 0.2) is 40.3 Å². The number of hydrogen-bond donors (Lipinski definition) is 1. The standard InChI is InChI=1S/C31H49ClO7S/c1-4-6-18-37-27-20-30(26-13-16-29(32)25(19-26)10-8-7-9-17-36-5-2)39-31(21-27,22-33)23-38-40(34,35)28-14-11-24(3)12-15-28/h11-12,14-16,25-27,30,33H,4-10,13,17-23H2,1-3H3/t25?,26?,27-,30-,31?/m1/s1. The molecule has 1 fully saturated rings. The summed E-state index contributed by atoms with van der Waals surface area (Å²) in [7, 11) is -4.01. The van der Waals surface area contributed by atoms with Crippen molar-refractivity contribution in [3.8, 4) is 0 Å². The number of hydrogen-bond acceptors (Lipinski definition) is 7. The van der Waals surface area contributed by atoms with E-state index in [-0.39, 0.29) is 42.2 Å². The SMILES string of the molecule is CCCCO[C@@H]1C[C@H](C2CC=C(Cl)C(CCCCCOCC)C2)OC(CO)(COS(=O)(=O)c2ccc(C)cc2)C1. The number of rotatable bonds is 17. The van der Waals surface area contributed by atoms with Crippen molar-refractivity contribution in [1.29, 1.82) is 0 Å². The van der Waals surface area contributed by atoms with Crippen LogP contribution in [0.3, 0.4) is 0 Å². The van der Waals surface area contributed by atoms with Gasteiger partial charge >= 0.3 is 0 Å². The van der Waals surface area contributed by atoms with E-state index in [1.54, 1.807) is 12.1 Å². The molecule has 0 aromatic heterocycles. The summed E-state index contributed by atoms with van der Waals surface area (Å²) in [6.45, 7) is 7.58. The minimum atomic E-state index is -4.01. The van der Waals surface area contributed by atoms with E-state index < -0.39 is 15.7 Å². The van der Waals surface area contributed by atoms with Gasteiger partial charge in [-0.05, 0) is 69.9 Å². The quantitative estimate of drug-likeness (QED) is 0.160. The van der Waals surface area contributed by atoms with Crippen LogP contribution >= 0.6 is 11.6 Å². The normalized spacial score (nSPS) is 27.5. The molecule has 1 aromatic rings. The summed E-state index contributed by atoms with van der Waals surface area (Å²) in [4.78, 5) is 0.0884. The number of halogens is 1. The Bertz CT molecular complexity index is 1010. The first-order valence-corrected chi connectivity index (χ1v) is 16.8. The number of allylic oxidation sites excluding steroid dienone is 2. The second-order valence-electron chi connectivity index (χ2n) is 11.4. The largest absolute Gasteiger partial charge is 0.393 e. The highest BCUT2D eigenvalue weighted by molar-refractivity contribution is 7.86. The van der Waals surface area contributed by atoms with Gasteiger partial charge < -0.3 is 19.3 Å². The van der Waals surface area contributed by atoms with E-state index in [4.69, 9.17) is 30.0 Å². The van der Waals surface area contributed by atoms with Gasteiger partial charge in [-0.15, -0.1) is 0 Å². The fourth-order valence-electron chi connectivity index (χ4n) is 5.66. The maximum atomic E-state index is 13.0. The van der Waals surface area contributed by atoms with E-state index >= 15 is 0 Å². The topological polar surface area (TPSA) is 91.3 Å². The van der Waals surface area contributed by atoms with Crippen LogP contribution in [0.2, 0.25) is 0 Å². The number of aryl methyl sites for hydroxylation is 1. The molecule has 7 nitrogen and oxygen atoms in total. The van der Waals surface area contributed by atoms with Gasteiger partial charge in [0, 0.05) is 37.7 Å². The van der Waals surface area contributed by atoms with Crippen molar-refractivity contribution in [2.45, 2.75) is 108 Å². The molecule has 0 saturated carbocycles. The third kappa shape index (κ3) is 10.1. The van der Waals surface area contributed by atoms with Crippen LogP contribution in [-0.2, 0) is 28.5 Å². The number of ether oxygens (including phenoxy) is 3. The molecule has 2 aliphatic rings. The molecule has 1 aliphatic carbocycles. The van der Waals surface area contributed by atoms with Crippen molar-refractivity contribution in [2.24, 2.45) is 11.8 Å². The molecule has 5 atom stereocenters. The average molecular weight is 601 g/mol. The highest BCUT2D eigenvalue weighted by Crippen LogP contribution is 2.42. The Morgan fingerprint density at radius 2 is 1.85 bits per heavy atom. The second kappa shape index (κ2) is 16.6. The monoisotopic (exact) mass is 600 g/mol. The van der Waals surface area contributed by atoms with Gasteiger partial charge in [0.1, 0.15) is 5.60 Å². The number of unbranched alkanes of at least 4 members (excludes halogenated alkanes) is 3. The smallest absolute Gasteiger partial charge is 0.297 e. The Balaban J connectivity index is 1.69. The summed E-state index contributed by atoms with van der Waals surface area (Å²) in [5, 5.41) is 11.5. The Labute approximate surface area is 246 Å². The van der Waals surface area contributed by atoms with Crippen LogP contribution in [0, 0.1) is 18.8 Å². The van der Waals surface area contributed by atoms with Crippen LogP contribution in [0.4, 0.5) is 0 Å². The molecule has 9 heteroatoms. The fourth-order valence-corrected chi connectivity index (χ4v) is 6.93. The number of benzene rings is 1. The molecule has 0 bridgehead atoms. The Hall–Kier alpha value is -1.00. The van der Waals surface area contributed by atoms with Crippen molar-refractivity contribution >= 4 is 21.7 Å². The molecule has 0 radical (unpaired) electrons. The predicted molar refractivity (Wildman–Crippen MR) is 158 cm³/mol. The van der Waals surface area contributed by atoms with Crippen molar-refractivity contribution in [3.63, 3.8) is 0 Å². The lowest BCUT2D eigenvalue weighted by Gasteiger charge is -2.46. The van der Waals surface area contributed by atoms with Crippen LogP contribution in [0.5, 0.6) is 0 Å². The molecule has 228 valence electrons. The van der Waals surface area contributed by atoms with Gasteiger partial charge in [0.2, 0.25) is 0 Å². The fraction of sp³-hybridized carbons (Fsp3) is 0.742. The first-order valence-electron chi connectivity index (χ1n) is 15.0. The van der Waals surface area contributed by atoms with Crippen molar-refractivity contribution in [2.75, 3.05) is 33.0 Å².